The molecular weight excluding hydrogens is 410 g/mol. The maximum absolute atomic E-state index is 12.9. The maximum atomic E-state index is 12.9. The van der Waals surface area contributed by atoms with Crippen molar-refractivity contribution in [1.29, 1.82) is 0 Å². The summed E-state index contributed by atoms with van der Waals surface area (Å²) in [5.41, 5.74) is 0.849. The number of nitrogens with one attached hydrogen (secondary N) is 2. The van der Waals surface area contributed by atoms with Crippen LogP contribution < -0.4 is 10.0 Å². The van der Waals surface area contributed by atoms with Crippen LogP contribution in [0.15, 0.2) is 17.0 Å². The average molecular weight is 442 g/mol. The monoisotopic (exact) mass is 441 g/mol. The molecule has 168 valence electrons. The van der Waals surface area contributed by atoms with Gasteiger partial charge in [0, 0.05) is 19.2 Å². The standard InChI is InChI=1S/C20H31N3O6S/c1-12-8-14(9-17(13(12)2)30(26,27)21-6)18(24)22-15-10-23(11-16(15)28-7)19(25)29-20(3,4)5/h8-9,15-16,21H,10-11H2,1-7H3,(H,22,24)/t15-,16+/m1/s1. The summed E-state index contributed by atoms with van der Waals surface area (Å²) in [7, 11) is -0.878. The fourth-order valence-corrected chi connectivity index (χ4v) is 4.29. The second-order valence-electron chi connectivity index (χ2n) is 8.36. The van der Waals surface area contributed by atoms with Crippen LogP contribution in [0.5, 0.6) is 0 Å². The van der Waals surface area contributed by atoms with E-state index in [0.29, 0.717) is 11.1 Å². The Morgan fingerprint density at radius 2 is 1.80 bits per heavy atom. The van der Waals surface area contributed by atoms with Gasteiger partial charge in [-0.2, -0.15) is 0 Å². The van der Waals surface area contributed by atoms with E-state index in [4.69, 9.17) is 9.47 Å². The number of rotatable bonds is 5. The van der Waals surface area contributed by atoms with E-state index in [1.54, 1.807) is 40.7 Å². The van der Waals surface area contributed by atoms with Gasteiger partial charge in [0.15, 0.2) is 0 Å². The lowest BCUT2D eigenvalue weighted by Gasteiger charge is -2.24. The molecule has 30 heavy (non-hydrogen) atoms. The van der Waals surface area contributed by atoms with Gasteiger partial charge < -0.3 is 19.7 Å². The minimum atomic E-state index is -3.71. The van der Waals surface area contributed by atoms with Gasteiger partial charge in [-0.15, -0.1) is 0 Å². The van der Waals surface area contributed by atoms with E-state index < -0.39 is 39.8 Å². The van der Waals surface area contributed by atoms with Crippen LogP contribution in [0.4, 0.5) is 4.79 Å². The molecule has 0 spiro atoms. The topological polar surface area (TPSA) is 114 Å². The van der Waals surface area contributed by atoms with E-state index >= 15 is 0 Å². The first kappa shape index (κ1) is 24.1. The second kappa shape index (κ2) is 8.91. The third-order valence-corrected chi connectivity index (χ3v) is 6.52. The van der Waals surface area contributed by atoms with Crippen molar-refractivity contribution in [2.45, 2.75) is 57.3 Å². The Kier molecular flexibility index (Phi) is 7.16. The maximum Gasteiger partial charge on any atom is 0.410 e. The zero-order chi connectivity index (χ0) is 22.9. The van der Waals surface area contributed by atoms with E-state index in [-0.39, 0.29) is 23.5 Å². The third-order valence-electron chi connectivity index (χ3n) is 4.98. The SMILES string of the molecule is CNS(=O)(=O)c1cc(C(=O)N[C@@H]2CN(C(=O)OC(C)(C)C)C[C@@H]2OC)cc(C)c1C. The zero-order valence-electron chi connectivity index (χ0n) is 18.5. The Morgan fingerprint density at radius 3 is 2.33 bits per heavy atom. The number of likely N-dealkylation sites (tertiary alicyclic amines) is 1. The van der Waals surface area contributed by atoms with E-state index in [2.05, 4.69) is 10.0 Å². The molecule has 0 aliphatic carbocycles. The van der Waals surface area contributed by atoms with Crippen molar-refractivity contribution < 1.29 is 27.5 Å². The highest BCUT2D eigenvalue weighted by Gasteiger charge is 2.38. The first-order valence-corrected chi connectivity index (χ1v) is 11.1. The summed E-state index contributed by atoms with van der Waals surface area (Å²) in [6.07, 6.45) is -0.886. The molecular formula is C20H31N3O6S. The number of benzene rings is 1. The molecule has 0 saturated carbocycles. The highest BCUT2D eigenvalue weighted by molar-refractivity contribution is 7.89. The molecule has 1 saturated heterocycles. The molecule has 1 aliphatic heterocycles. The highest BCUT2D eigenvalue weighted by Crippen LogP contribution is 2.22. The van der Waals surface area contributed by atoms with Crippen molar-refractivity contribution in [1.82, 2.24) is 14.9 Å². The molecule has 0 aromatic heterocycles. The van der Waals surface area contributed by atoms with Gasteiger partial charge in [-0.1, -0.05) is 0 Å². The number of carbonyl (C=O) groups excluding carboxylic acids is 2. The highest BCUT2D eigenvalue weighted by atomic mass is 32.2. The third kappa shape index (κ3) is 5.50. The molecule has 1 aromatic rings. The molecule has 0 unspecified atom stereocenters. The molecule has 2 N–H and O–H groups in total. The van der Waals surface area contributed by atoms with Crippen molar-refractivity contribution in [3.05, 3.63) is 28.8 Å². The van der Waals surface area contributed by atoms with Crippen LogP contribution in [-0.2, 0) is 19.5 Å². The molecule has 0 radical (unpaired) electrons. The van der Waals surface area contributed by atoms with Gasteiger partial charge in [-0.25, -0.2) is 17.9 Å². The van der Waals surface area contributed by atoms with Crippen LogP contribution >= 0.6 is 0 Å². The van der Waals surface area contributed by atoms with Gasteiger partial charge >= 0.3 is 6.09 Å². The molecule has 2 amide bonds. The number of nitrogens with zero attached hydrogens (tertiary/aromatic N) is 1. The number of carbonyl (C=O) groups is 2. The molecule has 0 bridgehead atoms. The summed E-state index contributed by atoms with van der Waals surface area (Å²) in [6, 6.07) is 2.54. The summed E-state index contributed by atoms with van der Waals surface area (Å²) in [5, 5.41) is 2.86. The predicted octanol–water partition coefficient (Wildman–Crippen LogP) is 1.58. The van der Waals surface area contributed by atoms with E-state index in [9.17, 15) is 18.0 Å². The molecule has 1 fully saturated rings. The number of hydrogen-bond donors (Lipinski definition) is 2. The number of methoxy groups -OCH3 is 1. The van der Waals surface area contributed by atoms with Crippen LogP contribution in [0, 0.1) is 13.8 Å². The van der Waals surface area contributed by atoms with Crippen molar-refractivity contribution in [3.8, 4) is 0 Å². The summed E-state index contributed by atoms with van der Waals surface area (Å²) < 4.78 is 37.7. The first-order valence-electron chi connectivity index (χ1n) is 9.65. The Hall–Kier alpha value is -2.17. The fraction of sp³-hybridized carbons (Fsp3) is 0.600. The zero-order valence-corrected chi connectivity index (χ0v) is 19.3. The van der Waals surface area contributed by atoms with Gasteiger partial charge in [-0.05, 0) is 64.9 Å². The number of aryl methyl sites for hydroxylation is 1. The molecule has 2 rings (SSSR count). The molecule has 1 heterocycles. The molecule has 1 aliphatic rings. The summed E-state index contributed by atoms with van der Waals surface area (Å²) in [5.74, 6) is -0.441. The number of sulfonamides is 1. The van der Waals surface area contributed by atoms with E-state index in [1.165, 1.54) is 25.1 Å². The van der Waals surface area contributed by atoms with Crippen LogP contribution in [-0.4, -0.2) is 70.3 Å². The Morgan fingerprint density at radius 1 is 1.17 bits per heavy atom. The summed E-state index contributed by atoms with van der Waals surface area (Å²) in [4.78, 5) is 26.8. The lowest BCUT2D eigenvalue weighted by atomic mass is 10.1. The first-order chi connectivity index (χ1) is 13.8. The average Bonchev–Trinajstić information content (AvgIpc) is 3.05. The summed E-state index contributed by atoms with van der Waals surface area (Å²) >= 11 is 0. The number of ether oxygens (including phenoxy) is 2. The van der Waals surface area contributed by atoms with E-state index in [1.807, 2.05) is 0 Å². The van der Waals surface area contributed by atoms with Gasteiger partial charge in [0.25, 0.3) is 5.91 Å². The van der Waals surface area contributed by atoms with Gasteiger partial charge in [-0.3, -0.25) is 4.79 Å². The fourth-order valence-electron chi connectivity index (χ4n) is 3.23. The van der Waals surface area contributed by atoms with Crippen LogP contribution in [0.1, 0.15) is 42.3 Å². The Labute approximate surface area is 178 Å². The second-order valence-corrected chi connectivity index (χ2v) is 10.2. The lowest BCUT2D eigenvalue weighted by molar-refractivity contribution is 0.0252. The van der Waals surface area contributed by atoms with Gasteiger partial charge in [0.1, 0.15) is 5.60 Å². The van der Waals surface area contributed by atoms with Crippen molar-refractivity contribution >= 4 is 22.0 Å². The van der Waals surface area contributed by atoms with E-state index in [0.717, 1.165) is 0 Å². The Balaban J connectivity index is 2.22. The van der Waals surface area contributed by atoms with Crippen LogP contribution in [0.2, 0.25) is 0 Å². The number of amides is 2. The largest absolute Gasteiger partial charge is 0.444 e. The van der Waals surface area contributed by atoms with Gasteiger partial charge in [0.2, 0.25) is 10.0 Å². The van der Waals surface area contributed by atoms with Gasteiger partial charge in [0.05, 0.1) is 23.6 Å². The molecule has 9 nitrogen and oxygen atoms in total. The molecule has 2 atom stereocenters. The predicted molar refractivity (Wildman–Crippen MR) is 112 cm³/mol. The summed E-state index contributed by atoms with van der Waals surface area (Å²) in [6.45, 7) is 9.30. The van der Waals surface area contributed by atoms with Crippen molar-refractivity contribution in [2.24, 2.45) is 0 Å². The minimum Gasteiger partial charge on any atom is -0.444 e. The quantitative estimate of drug-likeness (QED) is 0.717. The minimum absolute atomic E-state index is 0.0558. The van der Waals surface area contributed by atoms with Crippen LogP contribution in [0.3, 0.4) is 0 Å². The van der Waals surface area contributed by atoms with Crippen LogP contribution in [0.25, 0.3) is 0 Å². The number of hydrogen-bond acceptors (Lipinski definition) is 6. The molecule has 10 heteroatoms. The Bertz CT molecular complexity index is 923. The normalized spacial score (nSPS) is 19.6. The smallest absolute Gasteiger partial charge is 0.410 e. The molecule has 1 aromatic carbocycles. The van der Waals surface area contributed by atoms with Crippen molar-refractivity contribution in [3.63, 3.8) is 0 Å². The van der Waals surface area contributed by atoms with Crippen molar-refractivity contribution in [2.75, 3.05) is 27.2 Å². The lowest BCUT2D eigenvalue weighted by Crippen LogP contribution is -2.44.